The second kappa shape index (κ2) is 6.25. The molecule has 0 radical (unpaired) electrons. The van der Waals surface area contributed by atoms with Crippen LogP contribution in [0.1, 0.15) is 30.7 Å². The third-order valence-corrected chi connectivity index (χ3v) is 5.34. The van der Waals surface area contributed by atoms with Gasteiger partial charge in [-0.15, -0.1) is 0 Å². The molecule has 0 bridgehead atoms. The summed E-state index contributed by atoms with van der Waals surface area (Å²) in [6.45, 7) is 5.47. The summed E-state index contributed by atoms with van der Waals surface area (Å²) in [5, 5.41) is 1.26. The smallest absolute Gasteiger partial charge is 0.178 e. The van der Waals surface area contributed by atoms with Crippen molar-refractivity contribution in [1.29, 1.82) is 0 Å². The number of H-pyrrole nitrogens is 2. The Kier molecular flexibility index (Phi) is 3.75. The normalized spacial score (nSPS) is 15.9. The molecule has 5 nitrogen and oxygen atoms in total. The summed E-state index contributed by atoms with van der Waals surface area (Å²) >= 11 is 0. The zero-order valence-electron chi connectivity index (χ0n) is 15.0. The Bertz CT molecular complexity index is 1070. The minimum atomic E-state index is 0.768. The lowest BCUT2D eigenvalue weighted by molar-refractivity contribution is 0.221. The molecule has 4 heterocycles. The van der Waals surface area contributed by atoms with E-state index < -0.39 is 0 Å². The van der Waals surface area contributed by atoms with Crippen molar-refractivity contribution in [1.82, 2.24) is 24.8 Å². The standard InChI is InChI=1S/C21H23N5/c1-14-23-20-17(7-8-22-21(20)24-14)19-12-16-11-15(5-6-18(16)25-19)13-26-9-3-2-4-10-26/h5-8,11-12,25H,2-4,9-10,13H2,1H3,(H,22,23,24). The molecule has 5 rings (SSSR count). The lowest BCUT2D eigenvalue weighted by Gasteiger charge is -2.26. The van der Waals surface area contributed by atoms with Crippen LogP contribution in [0, 0.1) is 6.92 Å². The molecule has 0 atom stereocenters. The van der Waals surface area contributed by atoms with Gasteiger partial charge in [-0.3, -0.25) is 4.90 Å². The van der Waals surface area contributed by atoms with Crippen molar-refractivity contribution in [3.8, 4) is 11.3 Å². The van der Waals surface area contributed by atoms with E-state index in [-0.39, 0.29) is 0 Å². The zero-order chi connectivity index (χ0) is 17.5. The number of aryl methyl sites for hydroxylation is 1. The summed E-state index contributed by atoms with van der Waals surface area (Å²) < 4.78 is 0. The van der Waals surface area contributed by atoms with Crippen molar-refractivity contribution in [2.75, 3.05) is 13.1 Å². The van der Waals surface area contributed by atoms with E-state index in [2.05, 4.69) is 49.1 Å². The Hall–Kier alpha value is -2.66. The first-order valence-electron chi connectivity index (χ1n) is 9.42. The maximum absolute atomic E-state index is 4.45. The first-order valence-corrected chi connectivity index (χ1v) is 9.42. The second-order valence-electron chi connectivity index (χ2n) is 7.32. The third kappa shape index (κ3) is 2.78. The molecule has 0 amide bonds. The van der Waals surface area contributed by atoms with Crippen molar-refractivity contribution >= 4 is 22.1 Å². The molecule has 26 heavy (non-hydrogen) atoms. The van der Waals surface area contributed by atoms with E-state index in [0.29, 0.717) is 0 Å². The fourth-order valence-corrected chi connectivity index (χ4v) is 4.05. The van der Waals surface area contributed by atoms with Crippen LogP contribution in [0.3, 0.4) is 0 Å². The number of benzene rings is 1. The Labute approximate surface area is 152 Å². The number of fused-ring (bicyclic) bond motifs is 2. The summed E-state index contributed by atoms with van der Waals surface area (Å²) in [5.41, 5.74) is 6.54. The van der Waals surface area contributed by atoms with Gasteiger partial charge in [-0.2, -0.15) is 0 Å². The van der Waals surface area contributed by atoms with Gasteiger partial charge in [0.2, 0.25) is 0 Å². The quantitative estimate of drug-likeness (QED) is 0.578. The molecule has 1 aromatic carbocycles. The molecule has 3 aromatic heterocycles. The summed E-state index contributed by atoms with van der Waals surface area (Å²) in [6, 6.07) is 11.0. The van der Waals surface area contributed by atoms with Gasteiger partial charge < -0.3 is 9.97 Å². The van der Waals surface area contributed by atoms with Gasteiger partial charge in [-0.25, -0.2) is 9.97 Å². The summed E-state index contributed by atoms with van der Waals surface area (Å²) in [5.74, 6) is 0.889. The first kappa shape index (κ1) is 15.6. The molecular formula is C21H23N5. The number of nitrogens with one attached hydrogen (secondary N) is 2. The Morgan fingerprint density at radius 2 is 1.92 bits per heavy atom. The van der Waals surface area contributed by atoms with Crippen LogP contribution in [0.25, 0.3) is 33.3 Å². The number of aromatic amines is 2. The van der Waals surface area contributed by atoms with Gasteiger partial charge in [-0.1, -0.05) is 12.5 Å². The topological polar surface area (TPSA) is 60.6 Å². The molecule has 0 aliphatic carbocycles. The van der Waals surface area contributed by atoms with Crippen molar-refractivity contribution in [2.45, 2.75) is 32.7 Å². The average Bonchev–Trinajstić information content (AvgIpc) is 3.24. The lowest BCUT2D eigenvalue weighted by atomic mass is 10.1. The van der Waals surface area contributed by atoms with E-state index in [1.54, 1.807) is 0 Å². The molecule has 5 heteroatoms. The predicted octanol–water partition coefficient (Wildman–Crippen LogP) is 4.40. The highest BCUT2D eigenvalue weighted by molar-refractivity contribution is 5.94. The molecule has 132 valence electrons. The minimum absolute atomic E-state index is 0.768. The summed E-state index contributed by atoms with van der Waals surface area (Å²) in [6.07, 6.45) is 5.87. The molecule has 0 saturated carbocycles. The van der Waals surface area contributed by atoms with Crippen LogP contribution in [0.4, 0.5) is 0 Å². The third-order valence-electron chi connectivity index (χ3n) is 5.34. The number of hydrogen-bond acceptors (Lipinski definition) is 3. The van der Waals surface area contributed by atoms with E-state index >= 15 is 0 Å². The molecular weight excluding hydrogens is 322 g/mol. The van der Waals surface area contributed by atoms with E-state index in [1.807, 2.05) is 19.2 Å². The van der Waals surface area contributed by atoms with Crippen LogP contribution >= 0.6 is 0 Å². The highest BCUT2D eigenvalue weighted by Gasteiger charge is 2.13. The molecule has 1 aliphatic heterocycles. The fraction of sp³-hybridized carbons (Fsp3) is 0.333. The summed E-state index contributed by atoms with van der Waals surface area (Å²) in [7, 11) is 0. The second-order valence-corrected chi connectivity index (χ2v) is 7.32. The highest BCUT2D eigenvalue weighted by Crippen LogP contribution is 2.29. The number of pyridine rings is 1. The van der Waals surface area contributed by atoms with Crippen molar-refractivity contribution in [3.05, 3.63) is 47.9 Å². The highest BCUT2D eigenvalue weighted by atomic mass is 15.1. The van der Waals surface area contributed by atoms with Crippen LogP contribution in [-0.2, 0) is 6.54 Å². The fourth-order valence-electron chi connectivity index (χ4n) is 4.05. The zero-order valence-corrected chi connectivity index (χ0v) is 15.0. The molecule has 4 aromatic rings. The van der Waals surface area contributed by atoms with Gasteiger partial charge in [0.25, 0.3) is 0 Å². The lowest BCUT2D eigenvalue weighted by Crippen LogP contribution is -2.28. The monoisotopic (exact) mass is 345 g/mol. The van der Waals surface area contributed by atoms with Crippen LogP contribution in [0.2, 0.25) is 0 Å². The predicted molar refractivity (Wildman–Crippen MR) is 105 cm³/mol. The van der Waals surface area contributed by atoms with Crippen LogP contribution in [0.15, 0.2) is 36.5 Å². The number of aromatic nitrogens is 4. The maximum Gasteiger partial charge on any atom is 0.178 e. The molecule has 2 N–H and O–H groups in total. The SMILES string of the molecule is Cc1nc2nccc(-c3cc4cc(CN5CCCCC5)ccc4[nH]3)c2[nH]1. The van der Waals surface area contributed by atoms with E-state index in [0.717, 1.165) is 34.8 Å². The van der Waals surface area contributed by atoms with Gasteiger partial charge in [0.05, 0.1) is 5.52 Å². The van der Waals surface area contributed by atoms with Crippen molar-refractivity contribution in [3.63, 3.8) is 0 Å². The van der Waals surface area contributed by atoms with Gasteiger partial charge in [0.1, 0.15) is 5.82 Å². The number of rotatable bonds is 3. The van der Waals surface area contributed by atoms with Crippen LogP contribution in [0.5, 0.6) is 0 Å². The molecule has 1 saturated heterocycles. The van der Waals surface area contributed by atoms with E-state index in [4.69, 9.17) is 0 Å². The van der Waals surface area contributed by atoms with Crippen LogP contribution in [-0.4, -0.2) is 37.9 Å². The Balaban J connectivity index is 1.51. The van der Waals surface area contributed by atoms with Gasteiger partial charge >= 0.3 is 0 Å². The number of likely N-dealkylation sites (tertiary alicyclic amines) is 1. The number of nitrogens with zero attached hydrogens (tertiary/aromatic N) is 3. The summed E-state index contributed by atoms with van der Waals surface area (Å²) in [4.78, 5) is 18.3. The molecule has 1 fully saturated rings. The van der Waals surface area contributed by atoms with Crippen LogP contribution < -0.4 is 0 Å². The Morgan fingerprint density at radius 3 is 2.81 bits per heavy atom. The number of piperidine rings is 1. The van der Waals surface area contributed by atoms with Crippen molar-refractivity contribution in [2.24, 2.45) is 0 Å². The van der Waals surface area contributed by atoms with Gasteiger partial charge in [0.15, 0.2) is 5.65 Å². The average molecular weight is 345 g/mol. The van der Waals surface area contributed by atoms with E-state index in [1.165, 1.54) is 48.8 Å². The van der Waals surface area contributed by atoms with Gasteiger partial charge in [-0.05, 0) is 62.7 Å². The van der Waals surface area contributed by atoms with Gasteiger partial charge in [0, 0.05) is 34.9 Å². The Morgan fingerprint density at radius 1 is 1.04 bits per heavy atom. The molecule has 0 spiro atoms. The molecule has 0 unspecified atom stereocenters. The number of imidazole rings is 1. The maximum atomic E-state index is 4.45. The minimum Gasteiger partial charge on any atom is -0.354 e. The van der Waals surface area contributed by atoms with Crippen molar-refractivity contribution < 1.29 is 0 Å². The van der Waals surface area contributed by atoms with E-state index in [9.17, 15) is 0 Å². The molecule has 1 aliphatic rings. The number of hydrogen-bond donors (Lipinski definition) is 2. The first-order chi connectivity index (χ1) is 12.8. The largest absolute Gasteiger partial charge is 0.354 e.